The lowest BCUT2D eigenvalue weighted by Crippen LogP contribution is -2.60. The second kappa shape index (κ2) is 3.84. The van der Waals surface area contributed by atoms with Crippen molar-refractivity contribution in [2.45, 2.75) is 57.2 Å². The lowest BCUT2D eigenvalue weighted by molar-refractivity contribution is 0.228. The van der Waals surface area contributed by atoms with Gasteiger partial charge in [-0.1, -0.05) is 26.2 Å². The van der Waals surface area contributed by atoms with Crippen LogP contribution in [-0.2, 0) is 8.23 Å². The summed E-state index contributed by atoms with van der Waals surface area (Å²) >= 11 is 0. The predicted molar refractivity (Wildman–Crippen MR) is 58.3 cm³/mol. The first-order chi connectivity index (χ1) is 6.23. The van der Waals surface area contributed by atoms with Crippen LogP contribution in [0, 0.1) is 0 Å². The second-order valence-corrected chi connectivity index (χ2v) is 11.0. The molecule has 2 nitrogen and oxygen atoms in total. The molecule has 0 spiro atoms. The fourth-order valence-electron chi connectivity index (χ4n) is 2.27. The summed E-state index contributed by atoms with van der Waals surface area (Å²) in [7, 11) is -2.72. The summed E-state index contributed by atoms with van der Waals surface area (Å²) in [4.78, 5) is 0. The average Bonchev–Trinajstić information content (AvgIpc) is 2.14. The van der Waals surface area contributed by atoms with Gasteiger partial charge in [-0.25, -0.2) is 0 Å². The van der Waals surface area contributed by atoms with Gasteiger partial charge in [-0.2, -0.15) is 0 Å². The van der Waals surface area contributed by atoms with Crippen molar-refractivity contribution in [3.8, 4) is 0 Å². The minimum Gasteiger partial charge on any atom is -0.418 e. The Kier molecular flexibility index (Phi) is 2.92. The Hall–Kier alpha value is 0.354. The maximum atomic E-state index is 6.07. The van der Waals surface area contributed by atoms with Crippen molar-refractivity contribution >= 4 is 17.8 Å². The monoisotopic (exact) mass is 216 g/mol. The van der Waals surface area contributed by atoms with Gasteiger partial charge in [-0.15, -0.1) is 0 Å². The Morgan fingerprint density at radius 3 is 2.38 bits per heavy atom. The molecule has 0 aromatic heterocycles. The second-order valence-electron chi connectivity index (χ2n) is 4.49. The van der Waals surface area contributed by atoms with Gasteiger partial charge < -0.3 is 8.23 Å². The zero-order valence-electron chi connectivity index (χ0n) is 8.71. The Labute approximate surface area is 83.7 Å². The normalized spacial score (nSPS) is 41.5. The third kappa shape index (κ3) is 2.06. The van der Waals surface area contributed by atoms with Crippen LogP contribution in [0.15, 0.2) is 0 Å². The molecule has 1 saturated carbocycles. The molecule has 0 amide bonds. The molecule has 1 aliphatic heterocycles. The molecule has 0 aromatic carbocycles. The van der Waals surface area contributed by atoms with Crippen LogP contribution < -0.4 is 0 Å². The van der Waals surface area contributed by atoms with Crippen molar-refractivity contribution in [1.29, 1.82) is 0 Å². The van der Waals surface area contributed by atoms with Crippen LogP contribution in [0.4, 0.5) is 0 Å². The van der Waals surface area contributed by atoms with Gasteiger partial charge in [-0.05, 0) is 31.0 Å². The summed E-state index contributed by atoms with van der Waals surface area (Å²) in [5, 5.41) is 0. The highest BCUT2D eigenvalue weighted by Gasteiger charge is 2.49. The fourth-order valence-corrected chi connectivity index (χ4v) is 10.2. The van der Waals surface area contributed by atoms with Gasteiger partial charge in [-0.3, -0.25) is 0 Å². The summed E-state index contributed by atoms with van der Waals surface area (Å²) in [5.41, 5.74) is 0.848. The number of hydrogen-bond donors (Lipinski definition) is 0. The molecule has 0 aromatic rings. The highest BCUT2D eigenvalue weighted by molar-refractivity contribution is 6.85. The SMILES string of the molecule is CC[Si]1(C)O[SiH](C2CCCCC2)O1. The van der Waals surface area contributed by atoms with E-state index in [-0.39, 0.29) is 0 Å². The minimum absolute atomic E-state index is 0.848. The van der Waals surface area contributed by atoms with Crippen molar-refractivity contribution in [2.75, 3.05) is 0 Å². The van der Waals surface area contributed by atoms with Crippen LogP contribution in [0.2, 0.25) is 18.1 Å². The van der Waals surface area contributed by atoms with Crippen LogP contribution in [0.25, 0.3) is 0 Å². The van der Waals surface area contributed by atoms with Crippen LogP contribution >= 0.6 is 0 Å². The van der Waals surface area contributed by atoms with Gasteiger partial charge in [0.1, 0.15) is 0 Å². The van der Waals surface area contributed by atoms with Crippen molar-refractivity contribution in [3.63, 3.8) is 0 Å². The summed E-state index contributed by atoms with van der Waals surface area (Å²) in [6.45, 7) is 4.40. The van der Waals surface area contributed by atoms with E-state index in [0.717, 1.165) is 11.6 Å². The lowest BCUT2D eigenvalue weighted by atomic mass is 10.0. The Balaban J connectivity index is 1.78. The molecule has 1 saturated heterocycles. The number of rotatable bonds is 2. The lowest BCUT2D eigenvalue weighted by Gasteiger charge is -2.46. The molecule has 2 aliphatic rings. The summed E-state index contributed by atoms with van der Waals surface area (Å²) in [5.74, 6) is 0. The fraction of sp³-hybridized carbons (Fsp3) is 1.00. The van der Waals surface area contributed by atoms with Crippen molar-refractivity contribution in [1.82, 2.24) is 0 Å². The van der Waals surface area contributed by atoms with E-state index in [0.29, 0.717) is 0 Å². The highest BCUT2D eigenvalue weighted by Crippen LogP contribution is 2.39. The smallest absolute Gasteiger partial charge is 0.316 e. The largest absolute Gasteiger partial charge is 0.418 e. The minimum atomic E-state index is -1.56. The van der Waals surface area contributed by atoms with Crippen molar-refractivity contribution in [3.05, 3.63) is 0 Å². The topological polar surface area (TPSA) is 18.5 Å². The van der Waals surface area contributed by atoms with Crippen LogP contribution in [0.5, 0.6) is 0 Å². The molecular weight excluding hydrogens is 196 g/mol. The van der Waals surface area contributed by atoms with E-state index < -0.39 is 17.8 Å². The number of hydrogen-bond acceptors (Lipinski definition) is 2. The molecular formula is C9H20O2Si2. The summed E-state index contributed by atoms with van der Waals surface area (Å²) in [6.07, 6.45) is 7.01. The molecule has 0 bridgehead atoms. The molecule has 76 valence electrons. The quantitative estimate of drug-likeness (QED) is 0.661. The molecule has 0 atom stereocenters. The van der Waals surface area contributed by atoms with Crippen LogP contribution in [0.3, 0.4) is 0 Å². The Morgan fingerprint density at radius 1 is 1.23 bits per heavy atom. The van der Waals surface area contributed by atoms with E-state index in [9.17, 15) is 0 Å². The van der Waals surface area contributed by atoms with E-state index in [1.54, 1.807) is 0 Å². The Bertz CT molecular complexity index is 174. The zero-order valence-corrected chi connectivity index (χ0v) is 10.9. The van der Waals surface area contributed by atoms with Gasteiger partial charge in [0, 0.05) is 0 Å². The van der Waals surface area contributed by atoms with Gasteiger partial charge in [0.2, 0.25) is 0 Å². The zero-order chi connectivity index (χ0) is 9.31. The molecule has 1 aliphatic carbocycles. The highest BCUT2D eigenvalue weighted by atomic mass is 28.5. The Morgan fingerprint density at radius 2 is 1.85 bits per heavy atom. The average molecular weight is 216 g/mol. The van der Waals surface area contributed by atoms with Crippen molar-refractivity contribution in [2.24, 2.45) is 0 Å². The van der Waals surface area contributed by atoms with Crippen LogP contribution in [-0.4, -0.2) is 17.8 Å². The van der Waals surface area contributed by atoms with Gasteiger partial charge >= 0.3 is 17.8 Å². The molecule has 2 rings (SSSR count). The third-order valence-corrected chi connectivity index (χ3v) is 12.0. The predicted octanol–water partition coefficient (Wildman–Crippen LogP) is 2.68. The van der Waals surface area contributed by atoms with Gasteiger partial charge in [0.05, 0.1) is 0 Å². The van der Waals surface area contributed by atoms with Crippen molar-refractivity contribution < 1.29 is 8.23 Å². The summed E-state index contributed by atoms with van der Waals surface area (Å²) in [6, 6.07) is 1.13. The van der Waals surface area contributed by atoms with E-state index in [4.69, 9.17) is 8.23 Å². The molecule has 4 heteroatoms. The first-order valence-electron chi connectivity index (χ1n) is 5.59. The van der Waals surface area contributed by atoms with E-state index in [2.05, 4.69) is 13.5 Å². The van der Waals surface area contributed by atoms with E-state index >= 15 is 0 Å². The molecule has 0 unspecified atom stereocenters. The molecule has 1 heterocycles. The van der Waals surface area contributed by atoms with E-state index in [1.165, 1.54) is 32.1 Å². The van der Waals surface area contributed by atoms with E-state index in [1.807, 2.05) is 0 Å². The maximum Gasteiger partial charge on any atom is 0.316 e. The molecule has 0 N–H and O–H groups in total. The van der Waals surface area contributed by atoms with Gasteiger partial charge in [0.25, 0.3) is 0 Å². The third-order valence-electron chi connectivity index (χ3n) is 3.41. The standard InChI is InChI=1S/C9H20O2Si2/c1-3-13(2)10-12(11-13)9-7-5-4-6-8-9/h9,12H,3-8H2,1-2H3. The van der Waals surface area contributed by atoms with Crippen LogP contribution in [0.1, 0.15) is 39.0 Å². The molecule has 13 heavy (non-hydrogen) atoms. The first kappa shape index (κ1) is 9.89. The maximum absolute atomic E-state index is 6.07. The molecule has 2 fully saturated rings. The first-order valence-corrected chi connectivity index (χ1v) is 9.72. The van der Waals surface area contributed by atoms with Gasteiger partial charge in [0.15, 0.2) is 0 Å². The summed E-state index contributed by atoms with van der Waals surface area (Å²) < 4.78 is 12.1. The molecule has 0 radical (unpaired) electrons.